The Morgan fingerprint density at radius 1 is 1.44 bits per heavy atom. The quantitative estimate of drug-likeness (QED) is 0.635. The van der Waals surface area contributed by atoms with Crippen molar-refractivity contribution in [2.45, 2.75) is 6.42 Å². The molecule has 3 rings (SSSR count). The van der Waals surface area contributed by atoms with Gasteiger partial charge in [0.15, 0.2) is 5.82 Å². The zero-order valence-corrected chi connectivity index (χ0v) is 8.53. The van der Waals surface area contributed by atoms with Crippen LogP contribution in [0.15, 0.2) is 23.0 Å². The topological polar surface area (TPSA) is 85.0 Å². The lowest BCUT2D eigenvalue weighted by atomic mass is 10.3. The van der Waals surface area contributed by atoms with Crippen molar-refractivity contribution in [2.24, 2.45) is 0 Å². The highest BCUT2D eigenvalue weighted by Crippen LogP contribution is 2.24. The van der Waals surface area contributed by atoms with E-state index in [1.807, 2.05) is 18.2 Å². The highest BCUT2D eigenvalue weighted by Gasteiger charge is 2.20. The Labute approximate surface area is 91.5 Å². The Morgan fingerprint density at radius 2 is 2.31 bits per heavy atom. The second kappa shape index (κ2) is 3.13. The summed E-state index contributed by atoms with van der Waals surface area (Å²) in [6.07, 6.45) is 6.45. The van der Waals surface area contributed by atoms with Gasteiger partial charge in [0.05, 0.1) is 6.67 Å². The Balaban J connectivity index is 2.22. The lowest BCUT2D eigenvalue weighted by molar-refractivity contribution is 0.967. The summed E-state index contributed by atoms with van der Waals surface area (Å²) in [5.41, 5.74) is 6.98. The van der Waals surface area contributed by atoms with Gasteiger partial charge in [-0.2, -0.15) is 4.98 Å². The molecule has 0 amide bonds. The molecule has 1 aliphatic carbocycles. The van der Waals surface area contributed by atoms with Crippen molar-refractivity contribution in [3.05, 3.63) is 28.6 Å². The fourth-order valence-electron chi connectivity index (χ4n) is 1.92. The summed E-state index contributed by atoms with van der Waals surface area (Å²) in [6, 6.07) is 0. The monoisotopic (exact) mass is 217 g/mol. The van der Waals surface area contributed by atoms with Crippen LogP contribution in [-0.4, -0.2) is 16.2 Å². The van der Waals surface area contributed by atoms with Crippen LogP contribution in [0.25, 0.3) is 5.70 Å². The van der Waals surface area contributed by atoms with Crippen LogP contribution >= 0.6 is 0 Å². The average molecular weight is 217 g/mol. The molecule has 1 aromatic heterocycles. The number of anilines is 3. The van der Waals surface area contributed by atoms with E-state index in [1.165, 1.54) is 4.57 Å². The van der Waals surface area contributed by atoms with E-state index in [9.17, 15) is 4.79 Å². The molecule has 6 heteroatoms. The van der Waals surface area contributed by atoms with Crippen molar-refractivity contribution in [3.8, 4) is 0 Å². The smallest absolute Gasteiger partial charge is 0.284 e. The summed E-state index contributed by atoms with van der Waals surface area (Å²) >= 11 is 0. The first kappa shape index (κ1) is 9.02. The lowest BCUT2D eigenvalue weighted by Gasteiger charge is -2.10. The molecule has 0 spiro atoms. The number of nitrogens with zero attached hydrogens (tertiary/aromatic N) is 2. The number of aromatic nitrogens is 2. The van der Waals surface area contributed by atoms with Crippen LogP contribution in [0, 0.1) is 0 Å². The van der Waals surface area contributed by atoms with Crippen LogP contribution in [0.5, 0.6) is 0 Å². The molecule has 0 saturated heterocycles. The van der Waals surface area contributed by atoms with Crippen LogP contribution in [0.3, 0.4) is 0 Å². The molecule has 16 heavy (non-hydrogen) atoms. The molecule has 6 nitrogen and oxygen atoms in total. The largest absolute Gasteiger partial charge is 0.369 e. The zero-order valence-electron chi connectivity index (χ0n) is 8.53. The number of hydrogen-bond donors (Lipinski definition) is 3. The lowest BCUT2D eigenvalue weighted by Crippen LogP contribution is -2.24. The van der Waals surface area contributed by atoms with Crippen LogP contribution in [0.1, 0.15) is 6.42 Å². The van der Waals surface area contributed by atoms with E-state index in [1.54, 1.807) is 0 Å². The molecule has 82 valence electrons. The van der Waals surface area contributed by atoms with Gasteiger partial charge in [0.1, 0.15) is 5.69 Å². The number of fused-ring (bicyclic) bond motifs is 1. The van der Waals surface area contributed by atoms with Gasteiger partial charge in [0.2, 0.25) is 5.95 Å². The summed E-state index contributed by atoms with van der Waals surface area (Å²) in [5.74, 6) is 0.750. The highest BCUT2D eigenvalue weighted by atomic mass is 16.1. The molecule has 1 aliphatic heterocycles. The van der Waals surface area contributed by atoms with Crippen molar-refractivity contribution < 1.29 is 0 Å². The molecule has 0 radical (unpaired) electrons. The predicted molar refractivity (Wildman–Crippen MR) is 63.1 cm³/mol. The van der Waals surface area contributed by atoms with E-state index in [4.69, 9.17) is 5.73 Å². The summed E-state index contributed by atoms with van der Waals surface area (Å²) < 4.78 is 1.44. The van der Waals surface area contributed by atoms with Gasteiger partial charge in [-0.25, -0.2) is 4.57 Å². The van der Waals surface area contributed by atoms with Crippen molar-refractivity contribution in [1.29, 1.82) is 0 Å². The zero-order chi connectivity index (χ0) is 11.1. The molecule has 0 aromatic carbocycles. The molecule has 0 atom stereocenters. The molecule has 0 fully saturated rings. The maximum Gasteiger partial charge on any atom is 0.284 e. The van der Waals surface area contributed by atoms with Gasteiger partial charge < -0.3 is 16.4 Å². The van der Waals surface area contributed by atoms with Gasteiger partial charge in [-0.15, -0.1) is 0 Å². The molecule has 0 unspecified atom stereocenters. The van der Waals surface area contributed by atoms with Crippen molar-refractivity contribution in [2.75, 3.05) is 23.0 Å². The molecule has 0 saturated carbocycles. The summed E-state index contributed by atoms with van der Waals surface area (Å²) in [6.45, 7) is 0.512. The van der Waals surface area contributed by atoms with E-state index in [0.717, 1.165) is 5.70 Å². The van der Waals surface area contributed by atoms with Gasteiger partial charge in [0.25, 0.3) is 5.56 Å². The number of allylic oxidation sites excluding steroid dienone is 4. The fourth-order valence-corrected chi connectivity index (χ4v) is 1.92. The molecule has 0 bridgehead atoms. The number of nitrogens with one attached hydrogen (secondary N) is 2. The highest BCUT2D eigenvalue weighted by molar-refractivity contribution is 5.72. The van der Waals surface area contributed by atoms with E-state index in [-0.39, 0.29) is 11.5 Å². The number of hydrogen-bond acceptors (Lipinski definition) is 5. The average Bonchev–Trinajstić information content (AvgIpc) is 2.87. The Morgan fingerprint density at radius 3 is 3.06 bits per heavy atom. The van der Waals surface area contributed by atoms with Crippen LogP contribution in [-0.2, 0) is 0 Å². The van der Waals surface area contributed by atoms with Crippen LogP contribution < -0.4 is 21.9 Å². The van der Waals surface area contributed by atoms with E-state index in [0.29, 0.717) is 24.6 Å². The minimum atomic E-state index is -0.151. The molecule has 2 aliphatic rings. The standard InChI is InChI=1S/C10H11N5O/c11-10-14-8-7(12-5-13-8)9(16)15(10)6-3-1-2-4-6/h1-3,12-13H,4-5H2,(H2,11,14). The third-order valence-electron chi connectivity index (χ3n) is 2.67. The van der Waals surface area contributed by atoms with Gasteiger partial charge in [0, 0.05) is 12.1 Å². The third kappa shape index (κ3) is 1.13. The van der Waals surface area contributed by atoms with Gasteiger partial charge in [-0.05, 0) is 6.08 Å². The van der Waals surface area contributed by atoms with E-state index >= 15 is 0 Å². The second-order valence-corrected chi connectivity index (χ2v) is 3.65. The summed E-state index contributed by atoms with van der Waals surface area (Å²) in [7, 11) is 0. The first-order valence-corrected chi connectivity index (χ1v) is 5.04. The van der Waals surface area contributed by atoms with Crippen molar-refractivity contribution in [1.82, 2.24) is 9.55 Å². The van der Waals surface area contributed by atoms with Gasteiger partial charge in [-0.3, -0.25) is 4.79 Å². The normalized spacial score (nSPS) is 16.6. The number of nitrogens with two attached hydrogens (primary N) is 1. The van der Waals surface area contributed by atoms with E-state index in [2.05, 4.69) is 15.6 Å². The first-order chi connectivity index (χ1) is 7.77. The SMILES string of the molecule is Nc1nc2c(c(=O)n1C1=CC=CC1)NCN2. The molecule has 1 aromatic rings. The van der Waals surface area contributed by atoms with Crippen LogP contribution in [0.2, 0.25) is 0 Å². The third-order valence-corrected chi connectivity index (χ3v) is 2.67. The molecular formula is C10H11N5O. The van der Waals surface area contributed by atoms with Crippen molar-refractivity contribution >= 4 is 23.2 Å². The fraction of sp³-hybridized carbons (Fsp3) is 0.200. The Kier molecular flexibility index (Phi) is 1.76. The molecular weight excluding hydrogens is 206 g/mol. The van der Waals surface area contributed by atoms with Gasteiger partial charge in [-0.1, -0.05) is 12.2 Å². The second-order valence-electron chi connectivity index (χ2n) is 3.65. The van der Waals surface area contributed by atoms with E-state index < -0.39 is 0 Å². The summed E-state index contributed by atoms with van der Waals surface area (Å²) in [4.78, 5) is 16.3. The van der Waals surface area contributed by atoms with Crippen molar-refractivity contribution in [3.63, 3.8) is 0 Å². The Bertz CT molecular complexity index is 569. The Hall–Kier alpha value is -2.24. The molecule has 2 heterocycles. The minimum absolute atomic E-state index is 0.151. The van der Waals surface area contributed by atoms with Gasteiger partial charge >= 0.3 is 0 Å². The maximum absolute atomic E-state index is 12.1. The molecule has 4 N–H and O–H groups in total. The maximum atomic E-state index is 12.1. The number of nitrogen functional groups attached to an aromatic ring is 1. The number of rotatable bonds is 1. The summed E-state index contributed by atoms with van der Waals surface area (Å²) in [5, 5.41) is 5.90. The minimum Gasteiger partial charge on any atom is -0.369 e. The first-order valence-electron chi connectivity index (χ1n) is 5.04. The predicted octanol–water partition coefficient (Wildman–Crippen LogP) is 0.421. The van der Waals surface area contributed by atoms with Crippen LogP contribution in [0.4, 0.5) is 17.5 Å².